The van der Waals surface area contributed by atoms with E-state index >= 15 is 0 Å². The lowest BCUT2D eigenvalue weighted by Crippen LogP contribution is -2.39. The second kappa shape index (κ2) is 9.12. The number of hydrogen-bond donors (Lipinski definition) is 1. The Balaban J connectivity index is 1.49. The number of nitrogens with one attached hydrogen (secondary N) is 1. The molecule has 0 radical (unpaired) electrons. The predicted octanol–water partition coefficient (Wildman–Crippen LogP) is 1.87. The van der Waals surface area contributed by atoms with Gasteiger partial charge in [0.25, 0.3) is 0 Å². The number of rotatable bonds is 7. The third-order valence-corrected chi connectivity index (χ3v) is 4.44. The highest BCUT2D eigenvalue weighted by molar-refractivity contribution is 5.74. The van der Waals surface area contributed by atoms with Crippen LogP contribution in [0.1, 0.15) is 12.0 Å². The highest BCUT2D eigenvalue weighted by Crippen LogP contribution is 2.27. The number of amides is 2. The molecular weight excluding hydrogens is 364 g/mol. The molecule has 1 aromatic carbocycles. The summed E-state index contributed by atoms with van der Waals surface area (Å²) in [6.45, 7) is 1.50. The van der Waals surface area contributed by atoms with E-state index in [4.69, 9.17) is 18.9 Å². The van der Waals surface area contributed by atoms with Gasteiger partial charge in [-0.2, -0.15) is 0 Å². The number of likely N-dealkylation sites (tertiary alicyclic amines) is 1. The van der Waals surface area contributed by atoms with Gasteiger partial charge in [0, 0.05) is 31.6 Å². The standard InChI is InChI=1S/C19H24N4O5/c1-25-15-5-4-13(10-16(15)26-2)11-20-19(24)23-9-8-14(12-23)28-18-7-6-17(27-3)21-22-18/h4-7,10,14H,8-9,11-12H2,1-3H3,(H,20,24)/t14-/m1/s1. The molecular formula is C19H24N4O5. The fraction of sp³-hybridized carbons (Fsp3) is 0.421. The van der Waals surface area contributed by atoms with Crippen molar-refractivity contribution in [3.05, 3.63) is 35.9 Å². The Kier molecular flexibility index (Phi) is 6.36. The monoisotopic (exact) mass is 388 g/mol. The number of carbonyl (C=O) groups excluding carboxylic acids is 1. The zero-order valence-electron chi connectivity index (χ0n) is 16.2. The van der Waals surface area contributed by atoms with Crippen molar-refractivity contribution in [1.29, 1.82) is 0 Å². The Morgan fingerprint density at radius 2 is 1.82 bits per heavy atom. The van der Waals surface area contributed by atoms with Crippen LogP contribution in [0.15, 0.2) is 30.3 Å². The Morgan fingerprint density at radius 1 is 1.07 bits per heavy atom. The van der Waals surface area contributed by atoms with E-state index < -0.39 is 0 Å². The Hall–Kier alpha value is -3.23. The molecule has 2 amide bonds. The van der Waals surface area contributed by atoms with Gasteiger partial charge in [0.05, 0.1) is 27.9 Å². The van der Waals surface area contributed by atoms with Crippen LogP contribution in [0.3, 0.4) is 0 Å². The molecule has 1 N–H and O–H groups in total. The second-order valence-corrected chi connectivity index (χ2v) is 6.24. The average molecular weight is 388 g/mol. The predicted molar refractivity (Wildman–Crippen MR) is 101 cm³/mol. The van der Waals surface area contributed by atoms with Crippen molar-refractivity contribution in [2.75, 3.05) is 34.4 Å². The molecule has 1 aliphatic heterocycles. The van der Waals surface area contributed by atoms with Crippen LogP contribution >= 0.6 is 0 Å². The van der Waals surface area contributed by atoms with Gasteiger partial charge in [-0.05, 0) is 17.7 Å². The molecule has 0 bridgehead atoms. The van der Waals surface area contributed by atoms with Gasteiger partial charge in [-0.3, -0.25) is 0 Å². The Bertz CT molecular complexity index is 799. The SMILES string of the molecule is COc1ccc(O[C@@H]2CCN(C(=O)NCc3ccc(OC)c(OC)c3)C2)nn1. The number of urea groups is 1. The number of ether oxygens (including phenoxy) is 4. The van der Waals surface area contributed by atoms with Gasteiger partial charge >= 0.3 is 6.03 Å². The van der Waals surface area contributed by atoms with Crippen LogP contribution in [-0.4, -0.2) is 61.7 Å². The van der Waals surface area contributed by atoms with Crippen molar-refractivity contribution < 1.29 is 23.7 Å². The number of nitrogens with zero attached hydrogens (tertiary/aromatic N) is 3. The van der Waals surface area contributed by atoms with Crippen molar-refractivity contribution in [3.63, 3.8) is 0 Å². The molecule has 28 heavy (non-hydrogen) atoms. The van der Waals surface area contributed by atoms with Crippen LogP contribution in [0.4, 0.5) is 4.79 Å². The van der Waals surface area contributed by atoms with E-state index in [-0.39, 0.29) is 12.1 Å². The summed E-state index contributed by atoms with van der Waals surface area (Å²) in [5, 5.41) is 10.7. The quantitative estimate of drug-likeness (QED) is 0.774. The van der Waals surface area contributed by atoms with Gasteiger partial charge < -0.3 is 29.2 Å². The molecule has 0 aliphatic carbocycles. The number of aromatic nitrogens is 2. The fourth-order valence-corrected chi connectivity index (χ4v) is 2.94. The number of hydrogen-bond acceptors (Lipinski definition) is 7. The van der Waals surface area contributed by atoms with E-state index in [1.807, 2.05) is 18.2 Å². The molecule has 1 saturated heterocycles. The van der Waals surface area contributed by atoms with Gasteiger partial charge in [0.2, 0.25) is 11.8 Å². The molecule has 3 rings (SSSR count). The molecule has 1 aromatic heterocycles. The minimum Gasteiger partial charge on any atom is -0.493 e. The molecule has 2 aromatic rings. The Labute approximate surface area is 163 Å². The summed E-state index contributed by atoms with van der Waals surface area (Å²) in [4.78, 5) is 14.2. The number of carbonyl (C=O) groups is 1. The van der Waals surface area contributed by atoms with E-state index in [0.717, 1.165) is 12.0 Å². The first-order chi connectivity index (χ1) is 13.6. The summed E-state index contributed by atoms with van der Waals surface area (Å²) in [6, 6.07) is 8.80. The Morgan fingerprint density at radius 3 is 2.50 bits per heavy atom. The third kappa shape index (κ3) is 4.73. The van der Waals surface area contributed by atoms with E-state index in [0.29, 0.717) is 42.9 Å². The van der Waals surface area contributed by atoms with E-state index in [1.165, 1.54) is 7.11 Å². The first kappa shape index (κ1) is 19.5. The summed E-state index contributed by atoms with van der Waals surface area (Å²) < 4.78 is 21.3. The molecule has 150 valence electrons. The minimum absolute atomic E-state index is 0.116. The van der Waals surface area contributed by atoms with E-state index in [1.54, 1.807) is 31.3 Å². The first-order valence-electron chi connectivity index (χ1n) is 8.91. The van der Waals surface area contributed by atoms with Crippen molar-refractivity contribution in [2.24, 2.45) is 0 Å². The molecule has 0 saturated carbocycles. The van der Waals surface area contributed by atoms with Crippen LogP contribution in [0.25, 0.3) is 0 Å². The first-order valence-corrected chi connectivity index (χ1v) is 8.91. The van der Waals surface area contributed by atoms with Crippen molar-refractivity contribution in [2.45, 2.75) is 19.1 Å². The summed E-state index contributed by atoms with van der Waals surface area (Å²) in [7, 11) is 4.69. The lowest BCUT2D eigenvalue weighted by molar-refractivity contribution is 0.181. The lowest BCUT2D eigenvalue weighted by atomic mass is 10.2. The third-order valence-electron chi connectivity index (χ3n) is 4.44. The zero-order chi connectivity index (χ0) is 19.9. The average Bonchev–Trinajstić information content (AvgIpc) is 3.20. The molecule has 2 heterocycles. The van der Waals surface area contributed by atoms with Crippen molar-refractivity contribution >= 4 is 6.03 Å². The smallest absolute Gasteiger partial charge is 0.317 e. The van der Waals surface area contributed by atoms with Gasteiger partial charge in [0.1, 0.15) is 6.10 Å². The van der Waals surface area contributed by atoms with Crippen LogP contribution in [0.2, 0.25) is 0 Å². The largest absolute Gasteiger partial charge is 0.493 e. The van der Waals surface area contributed by atoms with Gasteiger partial charge in [-0.15, -0.1) is 10.2 Å². The van der Waals surface area contributed by atoms with Crippen LogP contribution in [0.5, 0.6) is 23.3 Å². The highest BCUT2D eigenvalue weighted by Gasteiger charge is 2.28. The summed E-state index contributed by atoms with van der Waals surface area (Å²) >= 11 is 0. The molecule has 1 aliphatic rings. The van der Waals surface area contributed by atoms with Crippen LogP contribution in [-0.2, 0) is 6.54 Å². The highest BCUT2D eigenvalue weighted by atomic mass is 16.5. The maximum atomic E-state index is 12.4. The van der Waals surface area contributed by atoms with E-state index in [2.05, 4.69) is 15.5 Å². The molecule has 9 nitrogen and oxygen atoms in total. The second-order valence-electron chi connectivity index (χ2n) is 6.24. The van der Waals surface area contributed by atoms with Crippen LogP contribution in [0, 0.1) is 0 Å². The van der Waals surface area contributed by atoms with Crippen molar-refractivity contribution in [3.8, 4) is 23.3 Å². The lowest BCUT2D eigenvalue weighted by Gasteiger charge is -2.18. The number of methoxy groups -OCH3 is 3. The topological polar surface area (TPSA) is 95.0 Å². The van der Waals surface area contributed by atoms with Gasteiger partial charge in [-0.25, -0.2) is 4.79 Å². The van der Waals surface area contributed by atoms with Gasteiger partial charge in [0.15, 0.2) is 11.5 Å². The molecule has 9 heteroatoms. The summed E-state index contributed by atoms with van der Waals surface area (Å²) in [5.41, 5.74) is 0.923. The molecule has 1 fully saturated rings. The summed E-state index contributed by atoms with van der Waals surface area (Å²) in [6.07, 6.45) is 0.617. The molecule has 0 unspecified atom stereocenters. The fourth-order valence-electron chi connectivity index (χ4n) is 2.94. The maximum absolute atomic E-state index is 12.4. The van der Waals surface area contributed by atoms with Crippen LogP contribution < -0.4 is 24.3 Å². The maximum Gasteiger partial charge on any atom is 0.317 e. The minimum atomic E-state index is -0.137. The van der Waals surface area contributed by atoms with Crippen molar-refractivity contribution in [1.82, 2.24) is 20.4 Å². The number of benzene rings is 1. The van der Waals surface area contributed by atoms with E-state index in [9.17, 15) is 4.79 Å². The summed E-state index contributed by atoms with van der Waals surface area (Å²) in [5.74, 6) is 2.12. The molecule has 1 atom stereocenters. The zero-order valence-corrected chi connectivity index (χ0v) is 16.2. The van der Waals surface area contributed by atoms with Gasteiger partial charge in [-0.1, -0.05) is 6.07 Å². The molecule has 0 spiro atoms. The normalized spacial score (nSPS) is 15.8.